The molecule has 9 nitrogen and oxygen atoms in total. The molecule has 2 atom stereocenters. The van der Waals surface area contributed by atoms with E-state index in [0.29, 0.717) is 19.8 Å². The minimum atomic E-state index is -0.829. The molecule has 0 saturated carbocycles. The topological polar surface area (TPSA) is 107 Å². The number of hydrogen-bond donors (Lipinski definition) is 2. The standard InChI is InChI=1S/C35H44N2O5.C2H4O2S/c1-6-25-9-8-10-26(7-2)34(25)36-33(38)21-37-20-29(28-17-24(5)35-32(19-28)41-22-42-35)18-31(37)27-11-13-30(14-12-27)40-16-15-39-23(3)4;1-5-2(3)4/h8-14,17,19,23,29,31H,6-7,15-16,18,20-22H2,1-5H3,(H,36,38);1H3,(H,3,4)/t29-,31-;/m1./s1. The first-order valence-corrected chi connectivity index (χ1v) is 17.5. The average Bonchev–Trinajstić information content (AvgIpc) is 3.71. The monoisotopic (exact) mass is 664 g/mol. The Morgan fingerprint density at radius 3 is 2.32 bits per heavy atom. The Kier molecular flexibility index (Phi) is 13.4. The van der Waals surface area contributed by atoms with Crippen LogP contribution in [-0.2, 0) is 22.4 Å². The number of thioether (sulfide) groups is 1. The van der Waals surface area contributed by atoms with E-state index in [-0.39, 0.29) is 30.8 Å². The van der Waals surface area contributed by atoms with E-state index in [2.05, 4.69) is 73.5 Å². The predicted molar refractivity (Wildman–Crippen MR) is 187 cm³/mol. The molecule has 3 aromatic rings. The number of amides is 1. The lowest BCUT2D eigenvalue weighted by molar-refractivity contribution is -0.117. The van der Waals surface area contributed by atoms with E-state index < -0.39 is 5.30 Å². The molecule has 47 heavy (non-hydrogen) atoms. The van der Waals surface area contributed by atoms with Crippen molar-refractivity contribution in [3.8, 4) is 17.2 Å². The van der Waals surface area contributed by atoms with Crippen molar-refractivity contribution < 1.29 is 33.6 Å². The maximum absolute atomic E-state index is 13.6. The molecular weight excluding hydrogens is 616 g/mol. The van der Waals surface area contributed by atoms with E-state index in [9.17, 15) is 9.59 Å². The largest absolute Gasteiger partial charge is 0.491 e. The maximum atomic E-state index is 13.6. The third-order valence-corrected chi connectivity index (χ3v) is 8.76. The summed E-state index contributed by atoms with van der Waals surface area (Å²) in [6, 6.07) is 19.0. The van der Waals surface area contributed by atoms with Crippen LogP contribution in [-0.4, -0.2) is 66.7 Å². The lowest BCUT2D eigenvalue weighted by atomic mass is 9.92. The number of rotatable bonds is 12. The van der Waals surface area contributed by atoms with Crippen LogP contribution in [0.25, 0.3) is 0 Å². The minimum Gasteiger partial charge on any atom is -0.491 e. The number of nitrogens with zero attached hydrogens (tertiary/aromatic N) is 1. The first kappa shape index (κ1) is 36.1. The molecule has 0 unspecified atom stereocenters. The summed E-state index contributed by atoms with van der Waals surface area (Å²) in [5, 5.41) is 10.1. The molecule has 0 aromatic heterocycles. The molecule has 0 aliphatic carbocycles. The number of carbonyl (C=O) groups is 2. The fraction of sp³-hybridized carbons (Fsp3) is 0.459. The van der Waals surface area contributed by atoms with Crippen molar-refractivity contribution in [3.63, 3.8) is 0 Å². The number of nitrogens with one attached hydrogen (secondary N) is 1. The van der Waals surface area contributed by atoms with Crippen molar-refractivity contribution in [1.82, 2.24) is 4.90 Å². The van der Waals surface area contributed by atoms with E-state index >= 15 is 0 Å². The minimum absolute atomic E-state index is 0.0169. The second kappa shape index (κ2) is 17.4. The van der Waals surface area contributed by atoms with E-state index in [0.717, 1.165) is 66.1 Å². The molecule has 3 aromatic carbocycles. The number of ether oxygens (including phenoxy) is 4. The van der Waals surface area contributed by atoms with Crippen molar-refractivity contribution in [2.45, 2.75) is 71.9 Å². The molecule has 2 aliphatic rings. The van der Waals surface area contributed by atoms with Crippen molar-refractivity contribution in [2.24, 2.45) is 0 Å². The molecule has 5 rings (SSSR count). The molecule has 2 aliphatic heterocycles. The molecular formula is C37H48N2O7S. The summed E-state index contributed by atoms with van der Waals surface area (Å²) in [4.78, 5) is 25.2. The van der Waals surface area contributed by atoms with Crippen molar-refractivity contribution in [3.05, 3.63) is 82.4 Å². The van der Waals surface area contributed by atoms with Crippen LogP contribution in [0.1, 0.15) is 73.9 Å². The number of aryl methyl sites for hydroxylation is 3. The smallest absolute Gasteiger partial charge is 0.364 e. The molecule has 0 bridgehead atoms. The number of hydrogen-bond acceptors (Lipinski definition) is 8. The fourth-order valence-electron chi connectivity index (χ4n) is 6.11. The lowest BCUT2D eigenvalue weighted by Gasteiger charge is -2.25. The highest BCUT2D eigenvalue weighted by atomic mass is 32.2. The van der Waals surface area contributed by atoms with Gasteiger partial charge >= 0.3 is 5.30 Å². The average molecular weight is 665 g/mol. The van der Waals surface area contributed by atoms with Crippen LogP contribution in [0.4, 0.5) is 10.5 Å². The molecule has 2 heterocycles. The van der Waals surface area contributed by atoms with Gasteiger partial charge in [0.15, 0.2) is 11.5 Å². The number of fused-ring (bicyclic) bond motifs is 1. The van der Waals surface area contributed by atoms with Crippen LogP contribution in [0.3, 0.4) is 0 Å². The molecule has 2 N–H and O–H groups in total. The van der Waals surface area contributed by atoms with Crippen molar-refractivity contribution >= 4 is 28.7 Å². The summed E-state index contributed by atoms with van der Waals surface area (Å²) >= 11 is 0.796. The van der Waals surface area contributed by atoms with Gasteiger partial charge in [0.1, 0.15) is 12.4 Å². The number of benzene rings is 3. The highest BCUT2D eigenvalue weighted by Gasteiger charge is 2.36. The van der Waals surface area contributed by atoms with Gasteiger partial charge in [-0.15, -0.1) is 0 Å². The Labute approximate surface area is 282 Å². The van der Waals surface area contributed by atoms with Gasteiger partial charge in [0.2, 0.25) is 12.7 Å². The van der Waals surface area contributed by atoms with Crippen LogP contribution < -0.4 is 19.5 Å². The molecule has 254 valence electrons. The molecule has 1 amide bonds. The van der Waals surface area contributed by atoms with E-state index in [1.54, 1.807) is 0 Å². The zero-order valence-corrected chi connectivity index (χ0v) is 29.2. The van der Waals surface area contributed by atoms with Crippen molar-refractivity contribution in [1.29, 1.82) is 0 Å². The van der Waals surface area contributed by atoms with Gasteiger partial charge in [0, 0.05) is 18.3 Å². The summed E-state index contributed by atoms with van der Waals surface area (Å²) in [6.45, 7) is 12.8. The third kappa shape index (κ3) is 9.89. The number of carboxylic acid groups (broad SMARTS) is 1. The molecule has 10 heteroatoms. The summed E-state index contributed by atoms with van der Waals surface area (Å²) in [6.07, 6.45) is 4.36. The van der Waals surface area contributed by atoms with Crippen molar-refractivity contribution in [2.75, 3.05) is 44.7 Å². The predicted octanol–water partition coefficient (Wildman–Crippen LogP) is 7.85. The van der Waals surface area contributed by atoms with Crippen LogP contribution in [0, 0.1) is 6.92 Å². The van der Waals surface area contributed by atoms with E-state index in [1.165, 1.54) is 28.5 Å². The molecule has 1 saturated heterocycles. The Hall–Kier alpha value is -3.73. The van der Waals surface area contributed by atoms with E-state index in [1.807, 2.05) is 26.0 Å². The summed E-state index contributed by atoms with van der Waals surface area (Å²) in [5.41, 5.74) is 6.79. The molecule has 1 fully saturated rings. The first-order valence-electron chi connectivity index (χ1n) is 16.3. The zero-order chi connectivity index (χ0) is 33.9. The number of para-hydroxylation sites is 1. The summed E-state index contributed by atoms with van der Waals surface area (Å²) < 4.78 is 22.9. The molecule has 0 spiro atoms. The lowest BCUT2D eigenvalue weighted by Crippen LogP contribution is -2.33. The Bertz CT molecular complexity index is 1470. The number of anilines is 1. The second-order valence-corrected chi connectivity index (χ2v) is 12.7. The van der Waals surface area contributed by atoms with Gasteiger partial charge in [-0.1, -0.05) is 50.2 Å². The SMILES string of the molecule is CCc1cccc(CC)c1NC(=O)CN1C[C@H](c2cc(C)c3c(c2)OCO3)C[C@@H]1c1ccc(OCCOC(C)C)cc1.CSC(=O)O. The highest BCUT2D eigenvalue weighted by Crippen LogP contribution is 2.44. The number of carbonyl (C=O) groups excluding carboxylic acids is 1. The van der Waals surface area contributed by atoms with Gasteiger partial charge in [-0.2, -0.15) is 0 Å². The second-order valence-electron chi connectivity index (χ2n) is 12.0. The van der Waals surface area contributed by atoms with E-state index in [4.69, 9.17) is 24.1 Å². The van der Waals surface area contributed by atoms with Gasteiger partial charge in [-0.3, -0.25) is 9.69 Å². The normalized spacial score (nSPS) is 16.9. The zero-order valence-electron chi connectivity index (χ0n) is 28.3. The van der Waals surface area contributed by atoms with Crippen LogP contribution in [0.2, 0.25) is 0 Å². The van der Waals surface area contributed by atoms with Crippen LogP contribution in [0.15, 0.2) is 54.6 Å². The Balaban J connectivity index is 0.000000930. The highest BCUT2D eigenvalue weighted by molar-refractivity contribution is 8.12. The van der Waals surface area contributed by atoms with Gasteiger partial charge < -0.3 is 29.4 Å². The summed E-state index contributed by atoms with van der Waals surface area (Å²) in [7, 11) is 0. The van der Waals surface area contributed by atoms with Gasteiger partial charge in [0.25, 0.3) is 0 Å². The first-order chi connectivity index (χ1) is 22.6. The molecule has 0 radical (unpaired) electrons. The third-order valence-electron chi connectivity index (χ3n) is 8.41. The fourth-order valence-corrected chi connectivity index (χ4v) is 6.11. The van der Waals surface area contributed by atoms with Gasteiger partial charge in [0.05, 0.1) is 19.3 Å². The quantitative estimate of drug-likeness (QED) is 0.187. The van der Waals surface area contributed by atoms with Crippen LogP contribution >= 0.6 is 11.8 Å². The number of likely N-dealkylation sites (tertiary alicyclic amines) is 1. The van der Waals surface area contributed by atoms with Crippen LogP contribution in [0.5, 0.6) is 17.2 Å². The maximum Gasteiger partial charge on any atom is 0.364 e. The summed E-state index contributed by atoms with van der Waals surface area (Å²) in [5.74, 6) is 2.74. The van der Waals surface area contributed by atoms with Gasteiger partial charge in [-0.05, 0) is 110 Å². The Morgan fingerprint density at radius 2 is 1.70 bits per heavy atom. The Morgan fingerprint density at radius 1 is 1.02 bits per heavy atom. The van der Waals surface area contributed by atoms with Gasteiger partial charge in [-0.25, -0.2) is 4.79 Å².